The first kappa shape index (κ1) is 13.4. The van der Waals surface area contributed by atoms with Gasteiger partial charge < -0.3 is 21.0 Å². The topological polar surface area (TPSA) is 99.6 Å². The summed E-state index contributed by atoms with van der Waals surface area (Å²) < 4.78 is 0. The number of nitrogens with two attached hydrogens (primary N) is 1. The Hall–Kier alpha value is -2.60. The zero-order valence-electron chi connectivity index (χ0n) is 11.5. The molecular weight excluding hydrogens is 266 g/mol. The van der Waals surface area contributed by atoms with Crippen LogP contribution in [0, 0.1) is 0 Å². The maximum absolute atomic E-state index is 12.0. The number of benzene rings is 1. The van der Waals surface area contributed by atoms with Crippen LogP contribution in [0.4, 0.5) is 0 Å². The minimum Gasteiger partial charge on any atom is -0.361 e. The number of para-hydroxylation sites is 1. The van der Waals surface area contributed by atoms with Crippen LogP contribution in [-0.2, 0) is 17.8 Å². The molecule has 3 rings (SSSR count). The van der Waals surface area contributed by atoms with Crippen molar-refractivity contribution in [3.8, 4) is 0 Å². The molecule has 0 saturated heterocycles. The number of rotatable bonds is 5. The van der Waals surface area contributed by atoms with E-state index in [1.165, 1.54) is 0 Å². The summed E-state index contributed by atoms with van der Waals surface area (Å²) in [6.45, 7) is 0.355. The zero-order chi connectivity index (χ0) is 14.7. The Kier molecular flexibility index (Phi) is 3.70. The van der Waals surface area contributed by atoms with Crippen molar-refractivity contribution in [3.05, 3.63) is 54.2 Å². The van der Waals surface area contributed by atoms with Crippen LogP contribution < -0.4 is 11.1 Å². The number of carbonyl (C=O) groups excluding carboxylic acids is 1. The van der Waals surface area contributed by atoms with Gasteiger partial charge in [0.15, 0.2) is 0 Å². The molecule has 1 atom stereocenters. The second kappa shape index (κ2) is 5.80. The summed E-state index contributed by atoms with van der Waals surface area (Å²) in [5.41, 5.74) is 8.08. The molecule has 108 valence electrons. The van der Waals surface area contributed by atoms with Crippen molar-refractivity contribution in [1.82, 2.24) is 20.3 Å². The van der Waals surface area contributed by atoms with E-state index >= 15 is 0 Å². The predicted octanol–water partition coefficient (Wildman–Crippen LogP) is 1.08. The number of hydrogen-bond acceptors (Lipinski definition) is 3. The van der Waals surface area contributed by atoms with Gasteiger partial charge in [-0.2, -0.15) is 0 Å². The number of fused-ring (bicyclic) bond motifs is 1. The average molecular weight is 283 g/mol. The Morgan fingerprint density at radius 3 is 3.00 bits per heavy atom. The molecule has 0 saturated carbocycles. The summed E-state index contributed by atoms with van der Waals surface area (Å²) >= 11 is 0. The first-order chi connectivity index (χ1) is 10.2. The number of amides is 1. The summed E-state index contributed by atoms with van der Waals surface area (Å²) in [4.78, 5) is 22.2. The Bertz CT molecular complexity index is 731. The van der Waals surface area contributed by atoms with Crippen LogP contribution in [0.5, 0.6) is 0 Å². The Balaban J connectivity index is 1.62. The van der Waals surface area contributed by atoms with Gasteiger partial charge in [-0.25, -0.2) is 4.98 Å². The van der Waals surface area contributed by atoms with Gasteiger partial charge in [-0.15, -0.1) is 0 Å². The van der Waals surface area contributed by atoms with Crippen molar-refractivity contribution in [2.45, 2.75) is 19.0 Å². The number of aromatic nitrogens is 3. The van der Waals surface area contributed by atoms with E-state index in [0.717, 1.165) is 16.5 Å². The van der Waals surface area contributed by atoms with E-state index in [1.54, 1.807) is 12.4 Å². The van der Waals surface area contributed by atoms with E-state index in [2.05, 4.69) is 20.3 Å². The molecule has 3 aromatic rings. The van der Waals surface area contributed by atoms with Gasteiger partial charge in [0.05, 0.1) is 12.6 Å². The van der Waals surface area contributed by atoms with Gasteiger partial charge in [-0.3, -0.25) is 4.79 Å². The molecule has 0 radical (unpaired) electrons. The molecule has 5 N–H and O–H groups in total. The molecule has 0 spiro atoms. The van der Waals surface area contributed by atoms with Crippen LogP contribution in [0.1, 0.15) is 11.4 Å². The molecule has 6 nitrogen and oxygen atoms in total. The third-order valence-corrected chi connectivity index (χ3v) is 3.44. The molecule has 0 aliphatic rings. The maximum Gasteiger partial charge on any atom is 0.237 e. The Morgan fingerprint density at radius 2 is 2.19 bits per heavy atom. The Labute approximate surface area is 121 Å². The third kappa shape index (κ3) is 2.95. The molecular formula is C15H17N5O. The van der Waals surface area contributed by atoms with Gasteiger partial charge in [0.2, 0.25) is 5.91 Å². The van der Waals surface area contributed by atoms with E-state index in [9.17, 15) is 4.79 Å². The monoisotopic (exact) mass is 283 g/mol. The molecule has 0 bridgehead atoms. The fourth-order valence-corrected chi connectivity index (χ4v) is 2.33. The normalized spacial score (nSPS) is 12.4. The van der Waals surface area contributed by atoms with E-state index in [1.807, 2.05) is 30.5 Å². The average Bonchev–Trinajstić information content (AvgIpc) is 3.15. The lowest BCUT2D eigenvalue weighted by Gasteiger charge is -2.11. The lowest BCUT2D eigenvalue weighted by Crippen LogP contribution is -2.41. The predicted molar refractivity (Wildman–Crippen MR) is 80.4 cm³/mol. The van der Waals surface area contributed by atoms with Crippen LogP contribution in [0.25, 0.3) is 10.9 Å². The second-order valence-electron chi connectivity index (χ2n) is 4.92. The zero-order valence-corrected chi connectivity index (χ0v) is 11.5. The van der Waals surface area contributed by atoms with Crippen LogP contribution in [-0.4, -0.2) is 26.9 Å². The van der Waals surface area contributed by atoms with Crippen LogP contribution in [0.3, 0.4) is 0 Å². The minimum atomic E-state index is -0.584. The van der Waals surface area contributed by atoms with Gasteiger partial charge in [0.25, 0.3) is 0 Å². The molecule has 2 aromatic heterocycles. The van der Waals surface area contributed by atoms with E-state index in [4.69, 9.17) is 5.73 Å². The fourth-order valence-electron chi connectivity index (χ4n) is 2.33. The standard InChI is InChI=1S/C15H17N5O/c16-12(15(21)20-9-14-17-5-6-18-14)7-10-8-19-13-4-2-1-3-11(10)13/h1-6,8,12,19H,7,9,16H2,(H,17,18)(H,20,21)/t12-/m1/s1. The lowest BCUT2D eigenvalue weighted by atomic mass is 10.1. The molecule has 6 heteroatoms. The summed E-state index contributed by atoms with van der Waals surface area (Å²) in [5.74, 6) is 0.527. The molecule has 0 aliphatic carbocycles. The quantitative estimate of drug-likeness (QED) is 0.563. The number of hydrogen-bond donors (Lipinski definition) is 4. The smallest absolute Gasteiger partial charge is 0.237 e. The van der Waals surface area contributed by atoms with Crippen molar-refractivity contribution in [2.24, 2.45) is 5.73 Å². The van der Waals surface area contributed by atoms with Crippen molar-refractivity contribution in [2.75, 3.05) is 0 Å². The van der Waals surface area contributed by atoms with Crippen molar-refractivity contribution in [1.29, 1.82) is 0 Å². The highest BCUT2D eigenvalue weighted by atomic mass is 16.2. The van der Waals surface area contributed by atoms with Gasteiger partial charge in [0.1, 0.15) is 5.82 Å². The number of nitrogens with one attached hydrogen (secondary N) is 3. The van der Waals surface area contributed by atoms with Gasteiger partial charge >= 0.3 is 0 Å². The third-order valence-electron chi connectivity index (χ3n) is 3.44. The fraction of sp³-hybridized carbons (Fsp3) is 0.200. The van der Waals surface area contributed by atoms with Gasteiger partial charge in [0, 0.05) is 29.5 Å². The van der Waals surface area contributed by atoms with Gasteiger partial charge in [-0.05, 0) is 18.1 Å². The lowest BCUT2D eigenvalue weighted by molar-refractivity contribution is -0.122. The number of imidazole rings is 1. The second-order valence-corrected chi connectivity index (χ2v) is 4.92. The molecule has 0 aliphatic heterocycles. The van der Waals surface area contributed by atoms with Crippen LogP contribution in [0.2, 0.25) is 0 Å². The number of nitrogens with zero attached hydrogens (tertiary/aromatic N) is 1. The van der Waals surface area contributed by atoms with E-state index in [-0.39, 0.29) is 5.91 Å². The molecule has 1 aromatic carbocycles. The van der Waals surface area contributed by atoms with Gasteiger partial charge in [-0.1, -0.05) is 18.2 Å². The maximum atomic E-state index is 12.0. The minimum absolute atomic E-state index is 0.184. The molecule has 2 heterocycles. The summed E-state index contributed by atoms with van der Waals surface area (Å²) in [6, 6.07) is 7.38. The highest BCUT2D eigenvalue weighted by molar-refractivity contribution is 5.86. The number of H-pyrrole nitrogens is 2. The van der Waals surface area contributed by atoms with Crippen LogP contribution in [0.15, 0.2) is 42.9 Å². The number of carbonyl (C=O) groups is 1. The molecule has 0 fully saturated rings. The van der Waals surface area contributed by atoms with Crippen molar-refractivity contribution < 1.29 is 4.79 Å². The van der Waals surface area contributed by atoms with Crippen LogP contribution >= 0.6 is 0 Å². The molecule has 21 heavy (non-hydrogen) atoms. The SMILES string of the molecule is N[C@H](Cc1c[nH]c2ccccc12)C(=O)NCc1ncc[nH]1. The van der Waals surface area contributed by atoms with Crippen molar-refractivity contribution in [3.63, 3.8) is 0 Å². The summed E-state index contributed by atoms with van der Waals surface area (Å²) in [5, 5.41) is 3.88. The van der Waals surface area contributed by atoms with Crippen molar-refractivity contribution >= 4 is 16.8 Å². The summed E-state index contributed by atoms with van der Waals surface area (Å²) in [7, 11) is 0. The first-order valence-electron chi connectivity index (χ1n) is 6.80. The Morgan fingerprint density at radius 1 is 1.33 bits per heavy atom. The van der Waals surface area contributed by atoms with E-state index < -0.39 is 6.04 Å². The largest absolute Gasteiger partial charge is 0.361 e. The molecule has 0 unspecified atom stereocenters. The first-order valence-corrected chi connectivity index (χ1v) is 6.80. The van der Waals surface area contributed by atoms with E-state index in [0.29, 0.717) is 18.8 Å². The highest BCUT2D eigenvalue weighted by Gasteiger charge is 2.16. The number of aromatic amines is 2. The molecule has 1 amide bonds. The highest BCUT2D eigenvalue weighted by Crippen LogP contribution is 2.18. The summed E-state index contributed by atoms with van der Waals surface area (Å²) in [6.07, 6.45) is 5.76.